The van der Waals surface area contributed by atoms with Crippen LogP contribution in [0, 0.1) is 24.4 Å². The van der Waals surface area contributed by atoms with E-state index in [2.05, 4.69) is 10.3 Å². The fourth-order valence-corrected chi connectivity index (χ4v) is 2.82. The smallest absolute Gasteiger partial charge is 0.194 e. The molecule has 7 heteroatoms. The van der Waals surface area contributed by atoms with Gasteiger partial charge in [-0.05, 0) is 6.92 Å². The molecule has 3 rings (SSSR count). The molecule has 0 saturated carbocycles. The number of aryl methyl sites for hydroxylation is 1. The van der Waals surface area contributed by atoms with Crippen molar-refractivity contribution in [1.82, 2.24) is 9.38 Å². The van der Waals surface area contributed by atoms with Gasteiger partial charge in [0.05, 0.1) is 17.9 Å². The molecule has 0 aliphatic heterocycles. The van der Waals surface area contributed by atoms with E-state index in [1.807, 2.05) is 22.9 Å². The van der Waals surface area contributed by atoms with Crippen molar-refractivity contribution in [3.05, 3.63) is 52.5 Å². The van der Waals surface area contributed by atoms with Crippen molar-refractivity contribution in [3.8, 4) is 0 Å². The first kappa shape index (κ1) is 13.0. The molecule has 0 atom stereocenters. The molecule has 0 fully saturated rings. The Morgan fingerprint density at radius 3 is 2.65 bits per heavy atom. The van der Waals surface area contributed by atoms with Gasteiger partial charge >= 0.3 is 0 Å². The molecule has 1 N–H and O–H groups in total. The van der Waals surface area contributed by atoms with E-state index in [-0.39, 0.29) is 12.2 Å². The lowest BCUT2D eigenvalue weighted by Gasteiger charge is -2.09. The molecule has 1 aromatic carbocycles. The molecule has 0 bridgehead atoms. The quantitative estimate of drug-likeness (QED) is 0.798. The first-order valence-corrected chi connectivity index (χ1v) is 6.73. The van der Waals surface area contributed by atoms with Crippen LogP contribution in [0.3, 0.4) is 0 Å². The molecule has 20 heavy (non-hydrogen) atoms. The monoisotopic (exact) mass is 297 g/mol. The predicted molar refractivity (Wildman–Crippen MR) is 71.4 cm³/mol. The number of halogens is 3. The van der Waals surface area contributed by atoms with Crippen molar-refractivity contribution in [2.24, 2.45) is 0 Å². The van der Waals surface area contributed by atoms with E-state index in [9.17, 15) is 13.2 Å². The highest BCUT2D eigenvalue weighted by Crippen LogP contribution is 2.22. The summed E-state index contributed by atoms with van der Waals surface area (Å²) in [6.07, 6.45) is 1.84. The number of hydrogen-bond acceptors (Lipinski definition) is 3. The molecule has 2 aromatic heterocycles. The number of benzene rings is 1. The summed E-state index contributed by atoms with van der Waals surface area (Å²) in [6.45, 7) is 2.03. The highest BCUT2D eigenvalue weighted by atomic mass is 32.1. The van der Waals surface area contributed by atoms with Crippen LogP contribution in [0.4, 0.5) is 18.9 Å². The van der Waals surface area contributed by atoms with E-state index in [1.54, 1.807) is 0 Å². The number of anilines is 1. The van der Waals surface area contributed by atoms with Crippen LogP contribution in [0.2, 0.25) is 0 Å². The summed E-state index contributed by atoms with van der Waals surface area (Å²) in [6, 6.07) is 1.30. The molecule has 0 spiro atoms. The Bertz CT molecular complexity index is 755. The van der Waals surface area contributed by atoms with Crippen LogP contribution < -0.4 is 5.32 Å². The van der Waals surface area contributed by atoms with Crippen LogP contribution in [0.25, 0.3) is 4.96 Å². The van der Waals surface area contributed by atoms with Gasteiger partial charge in [0.15, 0.2) is 16.6 Å². The highest BCUT2D eigenvalue weighted by Gasteiger charge is 2.14. The summed E-state index contributed by atoms with van der Waals surface area (Å²) in [4.78, 5) is 5.16. The maximum Gasteiger partial charge on any atom is 0.194 e. The Morgan fingerprint density at radius 1 is 1.25 bits per heavy atom. The fourth-order valence-electron chi connectivity index (χ4n) is 2.04. The molecule has 0 unspecified atom stereocenters. The van der Waals surface area contributed by atoms with Crippen LogP contribution >= 0.6 is 11.3 Å². The Hall–Kier alpha value is -2.02. The molecule has 2 heterocycles. The summed E-state index contributed by atoms with van der Waals surface area (Å²) in [5.41, 5.74) is 1.26. The molecular weight excluding hydrogens is 287 g/mol. The Balaban J connectivity index is 1.90. The van der Waals surface area contributed by atoms with Gasteiger partial charge in [-0.25, -0.2) is 18.2 Å². The second-order valence-corrected chi connectivity index (χ2v) is 5.17. The van der Waals surface area contributed by atoms with E-state index in [0.29, 0.717) is 12.1 Å². The summed E-state index contributed by atoms with van der Waals surface area (Å²) < 4.78 is 41.7. The number of imidazole rings is 1. The molecule has 0 radical (unpaired) electrons. The van der Waals surface area contributed by atoms with Gasteiger partial charge in [-0.15, -0.1) is 11.3 Å². The minimum atomic E-state index is -0.953. The zero-order valence-electron chi connectivity index (χ0n) is 10.5. The summed E-state index contributed by atoms with van der Waals surface area (Å²) in [7, 11) is 0. The second-order valence-electron chi connectivity index (χ2n) is 4.30. The number of hydrogen-bond donors (Lipinski definition) is 1. The standard InChI is InChI=1S/C13H10F3N3S/c1-7-11(19-2-3-20-13(19)18-7)6-17-12-9(15)4-8(14)5-10(12)16/h2-5,17H,6H2,1H3. The summed E-state index contributed by atoms with van der Waals surface area (Å²) in [5.74, 6) is -2.84. The van der Waals surface area contributed by atoms with E-state index < -0.39 is 17.5 Å². The number of fused-ring (bicyclic) bond motifs is 1. The number of nitrogens with zero attached hydrogens (tertiary/aromatic N) is 2. The van der Waals surface area contributed by atoms with Crippen molar-refractivity contribution in [2.75, 3.05) is 5.32 Å². The van der Waals surface area contributed by atoms with Crippen LogP contribution in [0.15, 0.2) is 23.7 Å². The van der Waals surface area contributed by atoms with Crippen LogP contribution in [0.1, 0.15) is 11.4 Å². The van der Waals surface area contributed by atoms with E-state index in [1.165, 1.54) is 11.3 Å². The SMILES string of the molecule is Cc1nc2sccn2c1CNc1c(F)cc(F)cc1F. The van der Waals surface area contributed by atoms with Crippen molar-refractivity contribution in [3.63, 3.8) is 0 Å². The van der Waals surface area contributed by atoms with Gasteiger partial charge in [-0.3, -0.25) is 4.40 Å². The molecular formula is C13H10F3N3S. The fraction of sp³-hybridized carbons (Fsp3) is 0.154. The zero-order chi connectivity index (χ0) is 14.3. The van der Waals surface area contributed by atoms with Gasteiger partial charge in [0.25, 0.3) is 0 Å². The summed E-state index contributed by atoms with van der Waals surface area (Å²) >= 11 is 1.48. The van der Waals surface area contributed by atoms with Gasteiger partial charge in [0.2, 0.25) is 0 Å². The Morgan fingerprint density at radius 2 is 1.95 bits per heavy atom. The first-order chi connectivity index (χ1) is 9.56. The Labute approximate surface area is 116 Å². The Kier molecular flexibility index (Phi) is 3.13. The minimum Gasteiger partial charge on any atom is -0.375 e. The van der Waals surface area contributed by atoms with Gasteiger partial charge in [-0.1, -0.05) is 0 Å². The largest absolute Gasteiger partial charge is 0.375 e. The van der Waals surface area contributed by atoms with Crippen LogP contribution in [-0.2, 0) is 6.54 Å². The lowest BCUT2D eigenvalue weighted by atomic mass is 10.2. The number of thiazole rings is 1. The molecule has 0 aliphatic carbocycles. The van der Waals surface area contributed by atoms with Crippen LogP contribution in [0.5, 0.6) is 0 Å². The number of nitrogens with one attached hydrogen (secondary N) is 1. The first-order valence-electron chi connectivity index (χ1n) is 5.85. The second kappa shape index (κ2) is 4.82. The molecule has 104 valence electrons. The number of rotatable bonds is 3. The lowest BCUT2D eigenvalue weighted by Crippen LogP contribution is -2.07. The average Bonchev–Trinajstić information content (AvgIpc) is 2.90. The van der Waals surface area contributed by atoms with Gasteiger partial charge in [0, 0.05) is 23.7 Å². The lowest BCUT2D eigenvalue weighted by molar-refractivity contribution is 0.547. The van der Waals surface area contributed by atoms with Crippen LogP contribution in [-0.4, -0.2) is 9.38 Å². The van der Waals surface area contributed by atoms with Gasteiger partial charge in [0.1, 0.15) is 11.5 Å². The van der Waals surface area contributed by atoms with Gasteiger partial charge in [-0.2, -0.15) is 0 Å². The predicted octanol–water partition coefficient (Wildman–Crippen LogP) is 3.73. The zero-order valence-corrected chi connectivity index (χ0v) is 11.3. The van der Waals surface area contributed by atoms with Crippen molar-refractivity contribution in [1.29, 1.82) is 0 Å². The third-order valence-electron chi connectivity index (χ3n) is 3.00. The highest BCUT2D eigenvalue weighted by molar-refractivity contribution is 7.15. The molecule has 0 saturated heterocycles. The molecule has 3 aromatic rings. The molecule has 0 amide bonds. The molecule has 0 aliphatic rings. The minimum absolute atomic E-state index is 0.198. The van der Waals surface area contributed by atoms with E-state index in [4.69, 9.17) is 0 Å². The van der Waals surface area contributed by atoms with Gasteiger partial charge < -0.3 is 5.32 Å². The topological polar surface area (TPSA) is 29.3 Å². The van der Waals surface area contributed by atoms with Crippen molar-refractivity contribution in [2.45, 2.75) is 13.5 Å². The van der Waals surface area contributed by atoms with E-state index >= 15 is 0 Å². The average molecular weight is 297 g/mol. The van der Waals surface area contributed by atoms with E-state index in [0.717, 1.165) is 16.3 Å². The molecule has 3 nitrogen and oxygen atoms in total. The third kappa shape index (κ3) is 2.14. The van der Waals surface area contributed by atoms with Crippen molar-refractivity contribution >= 4 is 22.0 Å². The maximum atomic E-state index is 13.5. The van der Waals surface area contributed by atoms with Crippen molar-refractivity contribution < 1.29 is 13.2 Å². The number of aromatic nitrogens is 2. The normalized spacial score (nSPS) is 11.2. The summed E-state index contributed by atoms with van der Waals surface area (Å²) in [5, 5.41) is 4.54. The maximum absolute atomic E-state index is 13.5. The third-order valence-corrected chi connectivity index (χ3v) is 3.76.